The van der Waals surface area contributed by atoms with E-state index >= 15 is 0 Å². The highest BCUT2D eigenvalue weighted by atomic mass is 17.0. The van der Waals surface area contributed by atoms with Crippen LogP contribution in [0, 0.1) is 0 Å². The Kier molecular flexibility index (Phi) is 8.43. The van der Waals surface area contributed by atoms with Gasteiger partial charge in [0.15, 0.2) is 0 Å². The predicted octanol–water partition coefficient (Wildman–Crippen LogP) is -2.45. The molecule has 0 heterocycles. The zero-order chi connectivity index (χ0) is 18.4. The molecule has 4 N–H and O–H groups in total. The maximum atomic E-state index is 10.4. The van der Waals surface area contributed by atoms with Crippen LogP contribution in [-0.4, -0.2) is 99.8 Å². The van der Waals surface area contributed by atoms with Crippen molar-refractivity contribution in [1.82, 2.24) is 0 Å². The van der Waals surface area contributed by atoms with Gasteiger partial charge in [-0.15, -0.1) is 0 Å². The number of hydrogen-bond donors (Lipinski definition) is 4. The molecule has 23 heavy (non-hydrogen) atoms. The lowest BCUT2D eigenvalue weighted by molar-refractivity contribution is -0.586. The average molecular weight is 346 g/mol. The third-order valence-corrected chi connectivity index (χ3v) is 3.40. The molecule has 140 valence electrons. The molecule has 0 spiro atoms. The minimum absolute atomic E-state index is 1.03. The van der Waals surface area contributed by atoms with Gasteiger partial charge in [-0.25, -0.2) is 0 Å². The van der Waals surface area contributed by atoms with E-state index in [0.717, 1.165) is 42.7 Å². The van der Waals surface area contributed by atoms with Crippen LogP contribution in [0.25, 0.3) is 0 Å². The number of hydrogen-bond acceptors (Lipinski definition) is 11. The first-order valence-corrected chi connectivity index (χ1v) is 6.37. The van der Waals surface area contributed by atoms with Gasteiger partial charge in [0, 0.05) is 42.7 Å². The molecule has 0 saturated carbocycles. The molecular formula is C12H26O11. The van der Waals surface area contributed by atoms with Gasteiger partial charge in [0.05, 0.1) is 0 Å². The predicted molar refractivity (Wildman–Crippen MR) is 72.7 cm³/mol. The fourth-order valence-electron chi connectivity index (χ4n) is 1.88. The highest BCUT2D eigenvalue weighted by molar-refractivity contribution is 4.86. The van der Waals surface area contributed by atoms with E-state index in [1.165, 1.54) is 0 Å². The lowest BCUT2D eigenvalue weighted by Gasteiger charge is -2.49. The van der Waals surface area contributed by atoms with Gasteiger partial charge in [-0.05, 0) is 0 Å². The number of rotatable bonds is 12. The molecule has 0 saturated heterocycles. The number of aliphatic hydroxyl groups is 4. The summed E-state index contributed by atoms with van der Waals surface area (Å²) < 4.78 is 34.9. The summed E-state index contributed by atoms with van der Waals surface area (Å²) in [6.07, 6.45) is 0. The third-order valence-electron chi connectivity index (χ3n) is 3.40. The Bertz CT molecular complexity index is 300. The molecule has 0 aromatic carbocycles. The maximum Gasteiger partial charge on any atom is 0.346 e. The molecule has 2 atom stereocenters. The van der Waals surface area contributed by atoms with Crippen molar-refractivity contribution < 1.29 is 53.6 Å². The molecule has 11 nitrogen and oxygen atoms in total. The molecule has 0 unspecified atom stereocenters. The molecule has 0 rings (SSSR count). The van der Waals surface area contributed by atoms with Crippen LogP contribution in [0.3, 0.4) is 0 Å². The summed E-state index contributed by atoms with van der Waals surface area (Å²) in [6, 6.07) is 0. The summed E-state index contributed by atoms with van der Waals surface area (Å²) in [5.74, 6) is -10.2. The van der Waals surface area contributed by atoms with Crippen LogP contribution in [0.5, 0.6) is 0 Å². The SMILES string of the molecule is COC(OC)(OC(OC)(OC)[C@](O)(CO)OC)[C@](O)(CO)OC. The van der Waals surface area contributed by atoms with Gasteiger partial charge < -0.3 is 48.8 Å². The molecule has 0 fully saturated rings. The Morgan fingerprint density at radius 1 is 0.565 bits per heavy atom. The van der Waals surface area contributed by atoms with Gasteiger partial charge in [0.1, 0.15) is 13.2 Å². The van der Waals surface area contributed by atoms with Crippen LogP contribution in [0.2, 0.25) is 0 Å². The van der Waals surface area contributed by atoms with Gasteiger partial charge in [0.25, 0.3) is 11.6 Å². The molecule has 0 aliphatic heterocycles. The van der Waals surface area contributed by atoms with Crippen LogP contribution in [-0.2, 0) is 33.2 Å². The Labute approximate surface area is 134 Å². The van der Waals surface area contributed by atoms with E-state index in [1.54, 1.807) is 0 Å². The van der Waals surface area contributed by atoms with E-state index in [1.807, 2.05) is 0 Å². The summed E-state index contributed by atoms with van der Waals surface area (Å²) in [5, 5.41) is 39.5. The first kappa shape index (κ1) is 22.6. The van der Waals surface area contributed by atoms with Crippen molar-refractivity contribution in [2.75, 3.05) is 55.9 Å². The Hall–Kier alpha value is -0.440. The second-order valence-electron chi connectivity index (χ2n) is 4.32. The largest absolute Gasteiger partial charge is 0.390 e. The van der Waals surface area contributed by atoms with E-state index in [2.05, 4.69) is 0 Å². The normalized spacial score (nSPS) is 18.5. The second-order valence-corrected chi connectivity index (χ2v) is 4.32. The summed E-state index contributed by atoms with van der Waals surface area (Å²) in [6.45, 7) is -2.06. The summed E-state index contributed by atoms with van der Waals surface area (Å²) in [7, 11) is 6.33. The minimum atomic E-state index is -2.55. The highest BCUT2D eigenvalue weighted by Gasteiger charge is 2.65. The lowest BCUT2D eigenvalue weighted by atomic mass is 10.2. The topological polar surface area (TPSA) is 146 Å². The van der Waals surface area contributed by atoms with Crippen molar-refractivity contribution in [1.29, 1.82) is 0 Å². The lowest BCUT2D eigenvalue weighted by Crippen LogP contribution is -2.71. The molecule has 0 amide bonds. The zero-order valence-electron chi connectivity index (χ0n) is 14.1. The van der Waals surface area contributed by atoms with Gasteiger partial charge in [-0.1, -0.05) is 0 Å². The van der Waals surface area contributed by atoms with E-state index < -0.39 is 36.7 Å². The smallest absolute Gasteiger partial charge is 0.346 e. The molecular weight excluding hydrogens is 320 g/mol. The first-order chi connectivity index (χ1) is 10.7. The molecule has 0 aromatic heterocycles. The van der Waals surface area contributed by atoms with E-state index in [9.17, 15) is 20.4 Å². The van der Waals surface area contributed by atoms with Crippen LogP contribution in [0.4, 0.5) is 0 Å². The highest BCUT2D eigenvalue weighted by Crippen LogP contribution is 2.39. The van der Waals surface area contributed by atoms with Crippen molar-refractivity contribution in [3.8, 4) is 0 Å². The first-order valence-electron chi connectivity index (χ1n) is 6.37. The fraction of sp³-hybridized carbons (Fsp3) is 1.00. The number of aliphatic hydroxyl groups excluding tert-OH is 2. The van der Waals surface area contributed by atoms with E-state index in [-0.39, 0.29) is 0 Å². The third kappa shape index (κ3) is 3.65. The number of methoxy groups -OCH3 is 6. The van der Waals surface area contributed by atoms with Gasteiger partial charge in [-0.3, -0.25) is 4.74 Å². The van der Waals surface area contributed by atoms with Crippen molar-refractivity contribution in [2.24, 2.45) is 0 Å². The molecule has 0 aromatic rings. The van der Waals surface area contributed by atoms with Crippen LogP contribution < -0.4 is 0 Å². The van der Waals surface area contributed by atoms with E-state index in [0.29, 0.717) is 0 Å². The van der Waals surface area contributed by atoms with Crippen molar-refractivity contribution in [2.45, 2.75) is 23.5 Å². The van der Waals surface area contributed by atoms with Gasteiger partial charge >= 0.3 is 11.9 Å². The van der Waals surface area contributed by atoms with Crippen molar-refractivity contribution in [3.05, 3.63) is 0 Å². The standard InChI is InChI=1S/C12H26O11/c1-17-9(15,7-13)11(19-3,20-4)23-12(21-5,22-6)10(16,8-14)18-2/h13-16H,7-8H2,1-6H3/t9-,10-/m0/s1. The minimum Gasteiger partial charge on any atom is -0.390 e. The second kappa shape index (κ2) is 8.60. The summed E-state index contributed by atoms with van der Waals surface area (Å²) in [5.41, 5.74) is 0. The Balaban J connectivity index is 6.13. The average Bonchev–Trinajstić information content (AvgIpc) is 2.62. The van der Waals surface area contributed by atoms with Crippen LogP contribution in [0.1, 0.15) is 0 Å². The van der Waals surface area contributed by atoms with Crippen molar-refractivity contribution in [3.63, 3.8) is 0 Å². The molecule has 0 aliphatic rings. The number of ether oxygens (including phenoxy) is 7. The molecule has 0 aliphatic carbocycles. The van der Waals surface area contributed by atoms with Crippen LogP contribution in [0.15, 0.2) is 0 Å². The monoisotopic (exact) mass is 346 g/mol. The zero-order valence-corrected chi connectivity index (χ0v) is 14.1. The molecule has 0 radical (unpaired) electrons. The quantitative estimate of drug-likeness (QED) is 0.279. The van der Waals surface area contributed by atoms with E-state index in [4.69, 9.17) is 33.2 Å². The maximum absolute atomic E-state index is 10.4. The van der Waals surface area contributed by atoms with Crippen LogP contribution >= 0.6 is 0 Å². The Morgan fingerprint density at radius 3 is 0.957 bits per heavy atom. The summed E-state index contributed by atoms with van der Waals surface area (Å²) in [4.78, 5) is 0. The van der Waals surface area contributed by atoms with Gasteiger partial charge in [0.2, 0.25) is 0 Å². The van der Waals surface area contributed by atoms with Gasteiger partial charge in [-0.2, -0.15) is 0 Å². The van der Waals surface area contributed by atoms with Crippen molar-refractivity contribution >= 4 is 0 Å². The molecule has 11 heteroatoms. The molecule has 0 bridgehead atoms. The fourth-order valence-corrected chi connectivity index (χ4v) is 1.88. The Morgan fingerprint density at radius 2 is 0.826 bits per heavy atom. The summed E-state index contributed by atoms with van der Waals surface area (Å²) >= 11 is 0.